The molecule has 0 aromatic heterocycles. The van der Waals surface area contributed by atoms with Gasteiger partial charge in [0.2, 0.25) is 0 Å². The zero-order valence-corrected chi connectivity index (χ0v) is 18.4. The predicted octanol–water partition coefficient (Wildman–Crippen LogP) is 6.06. The molecule has 1 saturated heterocycles. The van der Waals surface area contributed by atoms with Crippen LogP contribution in [0.25, 0.3) is 0 Å². The second kappa shape index (κ2) is 9.71. The largest absolute Gasteiger partial charge is 0.491 e. The van der Waals surface area contributed by atoms with Crippen molar-refractivity contribution in [2.45, 2.75) is 58.0 Å². The number of likely N-dealkylation sites (tertiary alicyclic amines) is 1. The van der Waals surface area contributed by atoms with E-state index in [-0.39, 0.29) is 18.7 Å². The van der Waals surface area contributed by atoms with E-state index in [1.54, 1.807) is 35.2 Å². The quantitative estimate of drug-likeness (QED) is 0.535. The Morgan fingerprint density at radius 3 is 2.31 bits per heavy atom. The van der Waals surface area contributed by atoms with Crippen molar-refractivity contribution in [2.75, 3.05) is 13.2 Å². The summed E-state index contributed by atoms with van der Waals surface area (Å²) in [5.74, 6) is 1.14. The number of halogens is 3. The molecule has 0 N–H and O–H groups in total. The highest BCUT2D eigenvalue weighted by Crippen LogP contribution is 2.30. The Hall–Kier alpha value is -2.90. The molecular weight excluding hydrogens is 423 g/mol. The first-order valence-electron chi connectivity index (χ1n) is 10.5. The third-order valence-corrected chi connectivity index (χ3v) is 4.93. The Bertz CT molecular complexity index is 907. The zero-order valence-electron chi connectivity index (χ0n) is 18.4. The van der Waals surface area contributed by atoms with Crippen LogP contribution in [0.15, 0.2) is 48.5 Å². The van der Waals surface area contributed by atoms with Crippen LogP contribution in [0, 0.1) is 0 Å². The Morgan fingerprint density at radius 2 is 1.69 bits per heavy atom. The van der Waals surface area contributed by atoms with Crippen LogP contribution >= 0.6 is 0 Å². The normalized spacial score (nSPS) is 16.7. The summed E-state index contributed by atoms with van der Waals surface area (Å²) in [6.45, 7) is 6.53. The number of rotatable bonds is 6. The fourth-order valence-corrected chi connectivity index (χ4v) is 3.40. The maximum atomic E-state index is 12.8. The maximum absolute atomic E-state index is 12.8. The molecule has 174 valence electrons. The van der Waals surface area contributed by atoms with Crippen molar-refractivity contribution >= 4 is 6.09 Å². The van der Waals surface area contributed by atoms with E-state index < -0.39 is 17.3 Å². The number of hydrogen-bond acceptors (Lipinski definition) is 4. The third-order valence-electron chi connectivity index (χ3n) is 4.93. The van der Waals surface area contributed by atoms with Gasteiger partial charge in [0.25, 0.3) is 0 Å². The number of alkyl halides is 3. The Kier molecular flexibility index (Phi) is 7.21. The van der Waals surface area contributed by atoms with E-state index in [9.17, 15) is 18.0 Å². The van der Waals surface area contributed by atoms with Crippen LogP contribution in [0.5, 0.6) is 11.5 Å². The van der Waals surface area contributed by atoms with E-state index in [1.165, 1.54) is 6.07 Å². The smallest absolute Gasteiger partial charge is 0.416 e. The Balaban J connectivity index is 1.50. The number of ether oxygens (including phenoxy) is 3. The summed E-state index contributed by atoms with van der Waals surface area (Å²) in [4.78, 5) is 14.1. The third kappa shape index (κ3) is 6.80. The van der Waals surface area contributed by atoms with Gasteiger partial charge in [-0.25, -0.2) is 4.79 Å². The summed E-state index contributed by atoms with van der Waals surface area (Å²) in [5.41, 5.74) is -0.812. The van der Waals surface area contributed by atoms with Gasteiger partial charge < -0.3 is 19.1 Å². The highest BCUT2D eigenvalue weighted by atomic mass is 19.4. The predicted molar refractivity (Wildman–Crippen MR) is 114 cm³/mol. The van der Waals surface area contributed by atoms with Gasteiger partial charge in [-0.05, 0) is 75.6 Å². The maximum Gasteiger partial charge on any atom is 0.416 e. The molecule has 0 saturated carbocycles. The van der Waals surface area contributed by atoms with Crippen molar-refractivity contribution in [3.63, 3.8) is 0 Å². The summed E-state index contributed by atoms with van der Waals surface area (Å²) in [5, 5.41) is 0. The van der Waals surface area contributed by atoms with Crippen LogP contribution in [0.2, 0.25) is 0 Å². The molecule has 0 radical (unpaired) electrons. The molecule has 8 heteroatoms. The van der Waals surface area contributed by atoms with Crippen molar-refractivity contribution in [2.24, 2.45) is 0 Å². The van der Waals surface area contributed by atoms with Gasteiger partial charge in [0.15, 0.2) is 0 Å². The Morgan fingerprint density at radius 1 is 1.03 bits per heavy atom. The molecule has 1 amide bonds. The average Bonchev–Trinajstić information content (AvgIpc) is 3.19. The second-order valence-electron chi connectivity index (χ2n) is 8.74. The second-order valence-corrected chi connectivity index (χ2v) is 8.74. The number of nitrogens with zero attached hydrogens (tertiary/aromatic N) is 1. The van der Waals surface area contributed by atoms with Crippen LogP contribution in [0.4, 0.5) is 18.0 Å². The number of amides is 1. The molecule has 1 aliphatic heterocycles. The number of carbonyl (C=O) groups excluding carboxylic acids is 1. The van der Waals surface area contributed by atoms with Crippen molar-refractivity contribution < 1.29 is 32.2 Å². The SMILES string of the molecule is CC(C)(C)OC(=O)N1CCC[C@@H]1COc1ccc(OCc2cccc(C(F)(F)F)c2)cc1. The van der Waals surface area contributed by atoms with Crippen molar-refractivity contribution in [3.05, 3.63) is 59.7 Å². The summed E-state index contributed by atoms with van der Waals surface area (Å²) < 4.78 is 55.4. The van der Waals surface area contributed by atoms with Gasteiger partial charge in [0.1, 0.15) is 30.3 Å². The van der Waals surface area contributed by atoms with Crippen LogP contribution in [0.3, 0.4) is 0 Å². The molecular formula is C24H28F3NO4. The fraction of sp³-hybridized carbons (Fsp3) is 0.458. The van der Waals surface area contributed by atoms with E-state index >= 15 is 0 Å². The first kappa shape index (κ1) is 23.8. The van der Waals surface area contributed by atoms with Crippen LogP contribution < -0.4 is 9.47 Å². The molecule has 2 aromatic carbocycles. The molecule has 0 aliphatic carbocycles. The summed E-state index contributed by atoms with van der Waals surface area (Å²) in [6.07, 6.45) is -2.97. The lowest BCUT2D eigenvalue weighted by Gasteiger charge is -2.28. The molecule has 5 nitrogen and oxygen atoms in total. The summed E-state index contributed by atoms with van der Waals surface area (Å²) in [6, 6.07) is 11.9. The van der Waals surface area contributed by atoms with Gasteiger partial charge in [0, 0.05) is 6.54 Å². The minimum Gasteiger partial charge on any atom is -0.491 e. The lowest BCUT2D eigenvalue weighted by Crippen LogP contribution is -2.42. The molecule has 1 heterocycles. The minimum atomic E-state index is -4.38. The monoisotopic (exact) mass is 451 g/mol. The highest BCUT2D eigenvalue weighted by Gasteiger charge is 2.32. The average molecular weight is 451 g/mol. The van der Waals surface area contributed by atoms with E-state index in [4.69, 9.17) is 14.2 Å². The molecule has 32 heavy (non-hydrogen) atoms. The van der Waals surface area contributed by atoms with Crippen LogP contribution in [-0.4, -0.2) is 35.8 Å². The summed E-state index contributed by atoms with van der Waals surface area (Å²) >= 11 is 0. The Labute approximate surface area is 186 Å². The van der Waals surface area contributed by atoms with Gasteiger partial charge in [-0.2, -0.15) is 13.2 Å². The number of benzene rings is 2. The van der Waals surface area contributed by atoms with Gasteiger partial charge >= 0.3 is 12.3 Å². The van der Waals surface area contributed by atoms with Gasteiger partial charge in [-0.3, -0.25) is 0 Å². The first-order chi connectivity index (χ1) is 15.0. The van der Waals surface area contributed by atoms with E-state index in [1.807, 2.05) is 20.8 Å². The number of hydrogen-bond donors (Lipinski definition) is 0. The molecule has 2 aromatic rings. The van der Waals surface area contributed by atoms with Crippen molar-refractivity contribution in [1.82, 2.24) is 4.90 Å². The van der Waals surface area contributed by atoms with Gasteiger partial charge in [-0.15, -0.1) is 0 Å². The van der Waals surface area contributed by atoms with E-state index in [0.717, 1.165) is 25.0 Å². The summed E-state index contributed by atoms with van der Waals surface area (Å²) in [7, 11) is 0. The van der Waals surface area contributed by atoms with Crippen molar-refractivity contribution in [3.8, 4) is 11.5 Å². The standard InChI is InChI=1S/C24H28F3NO4/c1-23(2,3)32-22(29)28-13-5-8-19(28)16-31-21-11-9-20(10-12-21)30-15-17-6-4-7-18(14-17)24(25,26)27/h4,6-7,9-12,14,19H,5,8,13,15-16H2,1-3H3/t19-/m1/s1. The molecule has 1 aliphatic rings. The van der Waals surface area contributed by atoms with Gasteiger partial charge in [0.05, 0.1) is 11.6 Å². The molecule has 0 unspecified atom stereocenters. The van der Waals surface area contributed by atoms with Crippen LogP contribution in [-0.2, 0) is 17.5 Å². The molecule has 1 atom stereocenters. The molecule has 3 rings (SSSR count). The lowest BCUT2D eigenvalue weighted by molar-refractivity contribution is -0.137. The van der Waals surface area contributed by atoms with E-state index in [2.05, 4.69) is 0 Å². The zero-order chi connectivity index (χ0) is 23.4. The van der Waals surface area contributed by atoms with E-state index in [0.29, 0.717) is 30.2 Å². The first-order valence-corrected chi connectivity index (χ1v) is 10.5. The van der Waals surface area contributed by atoms with Gasteiger partial charge in [-0.1, -0.05) is 12.1 Å². The molecule has 1 fully saturated rings. The minimum absolute atomic E-state index is 0.0248. The van der Waals surface area contributed by atoms with Crippen LogP contribution in [0.1, 0.15) is 44.7 Å². The fourth-order valence-electron chi connectivity index (χ4n) is 3.40. The number of carbonyl (C=O) groups is 1. The topological polar surface area (TPSA) is 48.0 Å². The van der Waals surface area contributed by atoms with Crippen molar-refractivity contribution in [1.29, 1.82) is 0 Å². The molecule has 0 bridgehead atoms. The highest BCUT2D eigenvalue weighted by molar-refractivity contribution is 5.69. The molecule has 0 spiro atoms. The lowest BCUT2D eigenvalue weighted by atomic mass is 10.1.